The number of fused-ring (bicyclic) bond motifs is 1. The minimum absolute atomic E-state index is 0.497. The Kier molecular flexibility index (Phi) is 5.54. The lowest BCUT2D eigenvalue weighted by molar-refractivity contribution is -0.240. The molecule has 1 atom stereocenters. The Hall–Kier alpha value is -3.08. The number of carbonyl (C=O) groups excluding carboxylic acids is 2. The molecule has 1 aromatic heterocycles. The van der Waals surface area contributed by atoms with Gasteiger partial charge in [0.05, 0.1) is 0 Å². The summed E-state index contributed by atoms with van der Waals surface area (Å²) in [4.78, 5) is 28.7. The van der Waals surface area contributed by atoms with Gasteiger partial charge < -0.3 is 14.5 Å². The Balaban J connectivity index is 0.00000109. The molecule has 0 radical (unpaired) electrons. The predicted octanol–water partition coefficient (Wildman–Crippen LogP) is 4.78. The number of esters is 2. The maximum absolute atomic E-state index is 12.7. The van der Waals surface area contributed by atoms with Gasteiger partial charge in [-0.3, -0.25) is 9.59 Å². The molecule has 5 heteroatoms. The topological polar surface area (TPSA) is 68.4 Å². The molecule has 0 bridgehead atoms. The van der Waals surface area contributed by atoms with E-state index in [1.165, 1.54) is 0 Å². The van der Waals surface area contributed by atoms with Crippen LogP contribution in [0.15, 0.2) is 60.8 Å². The van der Waals surface area contributed by atoms with Crippen molar-refractivity contribution in [3.8, 4) is 0 Å². The highest BCUT2D eigenvalue weighted by atomic mass is 16.7. The van der Waals surface area contributed by atoms with E-state index in [-0.39, 0.29) is 0 Å². The first kappa shape index (κ1) is 19.7. The number of aromatic amines is 1. The van der Waals surface area contributed by atoms with Gasteiger partial charge >= 0.3 is 11.9 Å². The van der Waals surface area contributed by atoms with E-state index in [4.69, 9.17) is 9.47 Å². The molecule has 3 aromatic rings. The first-order chi connectivity index (χ1) is 13.5. The summed E-state index contributed by atoms with van der Waals surface area (Å²) in [6, 6.07) is 17.3. The quantitative estimate of drug-likeness (QED) is 0.525. The van der Waals surface area contributed by atoms with Crippen molar-refractivity contribution in [3.63, 3.8) is 0 Å². The maximum atomic E-state index is 12.7. The van der Waals surface area contributed by atoms with Crippen molar-refractivity contribution in [1.29, 1.82) is 0 Å². The smallest absolute Gasteiger partial charge is 0.324 e. The van der Waals surface area contributed by atoms with Crippen LogP contribution in [0.4, 0.5) is 0 Å². The highest BCUT2D eigenvalue weighted by Gasteiger charge is 2.48. The van der Waals surface area contributed by atoms with Gasteiger partial charge in [0.1, 0.15) is 0 Å². The van der Waals surface area contributed by atoms with E-state index in [0.717, 1.165) is 22.0 Å². The summed E-state index contributed by atoms with van der Waals surface area (Å²) < 4.78 is 10.8. The molecule has 0 amide bonds. The molecule has 2 heterocycles. The zero-order valence-electron chi connectivity index (χ0n) is 16.6. The lowest BCUT2D eigenvalue weighted by Crippen LogP contribution is -2.48. The number of H-pyrrole nitrogens is 1. The number of para-hydroxylation sites is 1. The maximum Gasteiger partial charge on any atom is 0.324 e. The van der Waals surface area contributed by atoms with Crippen LogP contribution in [0.2, 0.25) is 0 Å². The predicted molar refractivity (Wildman–Crippen MR) is 108 cm³/mol. The number of hydrogen-bond donors (Lipinski definition) is 1. The second-order valence-corrected chi connectivity index (χ2v) is 6.90. The van der Waals surface area contributed by atoms with Crippen molar-refractivity contribution in [2.45, 2.75) is 39.4 Å². The highest BCUT2D eigenvalue weighted by Crippen LogP contribution is 2.40. The number of rotatable bonds is 3. The van der Waals surface area contributed by atoms with E-state index in [1.54, 1.807) is 13.8 Å². The number of benzene rings is 2. The molecular formula is C23H25NO4. The van der Waals surface area contributed by atoms with Crippen LogP contribution in [0.1, 0.15) is 44.7 Å². The number of ether oxygens (including phenoxy) is 2. The molecule has 0 spiro atoms. The van der Waals surface area contributed by atoms with Crippen molar-refractivity contribution in [2.75, 3.05) is 0 Å². The molecule has 1 saturated heterocycles. The second kappa shape index (κ2) is 7.89. The van der Waals surface area contributed by atoms with Crippen LogP contribution in [-0.2, 0) is 19.1 Å². The van der Waals surface area contributed by atoms with E-state index in [2.05, 4.69) is 4.98 Å². The van der Waals surface area contributed by atoms with Crippen molar-refractivity contribution in [1.82, 2.24) is 4.98 Å². The number of carbonyl (C=O) groups is 2. The monoisotopic (exact) mass is 379 g/mol. The third-order valence-electron chi connectivity index (χ3n) is 4.65. The fourth-order valence-electron chi connectivity index (χ4n) is 3.56. The zero-order valence-corrected chi connectivity index (χ0v) is 16.6. The summed E-state index contributed by atoms with van der Waals surface area (Å²) in [5, 5.41) is 0.965. The van der Waals surface area contributed by atoms with Crippen LogP contribution >= 0.6 is 0 Å². The molecular weight excluding hydrogens is 354 g/mol. The summed E-state index contributed by atoms with van der Waals surface area (Å²) in [5.41, 5.74) is 2.67. The molecule has 1 fully saturated rings. The summed E-state index contributed by atoms with van der Waals surface area (Å²) >= 11 is 0. The van der Waals surface area contributed by atoms with Crippen LogP contribution in [0, 0.1) is 5.92 Å². The van der Waals surface area contributed by atoms with Crippen LogP contribution in [-0.4, -0.2) is 22.7 Å². The largest absolute Gasteiger partial charge is 0.422 e. The van der Waals surface area contributed by atoms with Crippen molar-refractivity contribution in [2.24, 2.45) is 5.92 Å². The van der Waals surface area contributed by atoms with E-state index < -0.39 is 29.6 Å². The minimum atomic E-state index is -1.24. The van der Waals surface area contributed by atoms with Crippen LogP contribution < -0.4 is 0 Å². The molecule has 1 aliphatic rings. The van der Waals surface area contributed by atoms with Crippen molar-refractivity contribution < 1.29 is 19.1 Å². The van der Waals surface area contributed by atoms with Gasteiger partial charge in [-0.25, -0.2) is 0 Å². The molecule has 0 saturated carbocycles. The molecule has 0 aliphatic carbocycles. The fourth-order valence-corrected chi connectivity index (χ4v) is 3.56. The van der Waals surface area contributed by atoms with Gasteiger partial charge in [0.25, 0.3) is 5.79 Å². The van der Waals surface area contributed by atoms with E-state index in [9.17, 15) is 9.59 Å². The van der Waals surface area contributed by atoms with E-state index in [0.29, 0.717) is 0 Å². The van der Waals surface area contributed by atoms with Gasteiger partial charge in [-0.1, -0.05) is 62.4 Å². The molecule has 5 nitrogen and oxygen atoms in total. The summed E-state index contributed by atoms with van der Waals surface area (Å²) in [5.74, 6) is -3.92. The molecule has 146 valence electrons. The van der Waals surface area contributed by atoms with Gasteiger partial charge in [-0.05, 0) is 17.2 Å². The molecule has 1 unspecified atom stereocenters. The number of aromatic nitrogens is 1. The third-order valence-corrected chi connectivity index (χ3v) is 4.65. The fraction of sp³-hybridized carbons (Fsp3) is 0.304. The normalized spacial score (nSPS) is 17.3. The van der Waals surface area contributed by atoms with Crippen LogP contribution in [0.25, 0.3) is 10.9 Å². The Bertz CT molecular complexity index is 954. The lowest BCUT2D eigenvalue weighted by Gasteiger charge is -2.36. The Morgan fingerprint density at radius 3 is 2.11 bits per heavy atom. The van der Waals surface area contributed by atoms with E-state index in [1.807, 2.05) is 74.6 Å². The zero-order chi connectivity index (χ0) is 20.3. The van der Waals surface area contributed by atoms with Crippen LogP contribution in [0.5, 0.6) is 0 Å². The number of nitrogens with one attached hydrogen (secondary N) is 1. The molecule has 1 N–H and O–H groups in total. The Morgan fingerprint density at radius 1 is 0.893 bits per heavy atom. The van der Waals surface area contributed by atoms with E-state index >= 15 is 0 Å². The SMILES string of the molecule is CC.CC1(C)OC(=O)C(C(c2ccccc2)c2c[nH]c3ccccc23)C(=O)O1. The molecule has 1 aliphatic heterocycles. The minimum Gasteiger partial charge on any atom is -0.422 e. The Labute approximate surface area is 164 Å². The molecule has 4 rings (SSSR count). The number of hydrogen-bond acceptors (Lipinski definition) is 4. The third kappa shape index (κ3) is 3.65. The summed E-state index contributed by atoms with van der Waals surface area (Å²) in [7, 11) is 0. The summed E-state index contributed by atoms with van der Waals surface area (Å²) in [6.45, 7) is 7.12. The standard InChI is InChI=1S/C21H19NO4.C2H6/c1-21(2)25-19(23)18(20(24)26-21)17(13-8-4-3-5-9-13)15-12-22-16-11-7-6-10-14(15)16;1-2/h3-12,17-18,22H,1-2H3;1-2H3. The van der Waals surface area contributed by atoms with Gasteiger partial charge in [0.2, 0.25) is 0 Å². The average molecular weight is 379 g/mol. The number of cyclic esters (lactones) is 2. The summed E-state index contributed by atoms with van der Waals surface area (Å²) in [6.07, 6.45) is 1.85. The molecule has 2 aromatic carbocycles. The highest BCUT2D eigenvalue weighted by molar-refractivity contribution is 5.99. The van der Waals surface area contributed by atoms with Gasteiger partial charge in [0.15, 0.2) is 5.92 Å². The van der Waals surface area contributed by atoms with Gasteiger partial charge in [-0.15, -0.1) is 0 Å². The average Bonchev–Trinajstić information content (AvgIpc) is 3.10. The van der Waals surface area contributed by atoms with Gasteiger partial charge in [-0.2, -0.15) is 0 Å². The lowest BCUT2D eigenvalue weighted by atomic mass is 9.80. The van der Waals surface area contributed by atoms with Crippen molar-refractivity contribution >= 4 is 22.8 Å². The van der Waals surface area contributed by atoms with Crippen LogP contribution in [0.3, 0.4) is 0 Å². The second-order valence-electron chi connectivity index (χ2n) is 6.90. The first-order valence-electron chi connectivity index (χ1n) is 9.53. The first-order valence-corrected chi connectivity index (χ1v) is 9.53. The van der Waals surface area contributed by atoms with Crippen molar-refractivity contribution in [3.05, 3.63) is 71.9 Å². The van der Waals surface area contributed by atoms with Gasteiger partial charge in [0, 0.05) is 36.9 Å². The molecule has 28 heavy (non-hydrogen) atoms. The Morgan fingerprint density at radius 2 is 1.46 bits per heavy atom.